The van der Waals surface area contributed by atoms with Gasteiger partial charge in [-0.25, -0.2) is 9.97 Å². The average molecular weight is 436 g/mol. The van der Waals surface area contributed by atoms with Gasteiger partial charge in [-0.05, 0) is 56.0 Å². The zero-order valence-corrected chi connectivity index (χ0v) is 19.0. The van der Waals surface area contributed by atoms with Gasteiger partial charge in [0.05, 0.1) is 12.3 Å². The number of anilines is 1. The maximum Gasteiger partial charge on any atom is 0.253 e. The molecule has 0 bridgehead atoms. The molecular weight excluding hydrogens is 402 g/mol. The first-order valence-corrected chi connectivity index (χ1v) is 12.1. The summed E-state index contributed by atoms with van der Waals surface area (Å²) in [6.07, 6.45) is 7.67. The van der Waals surface area contributed by atoms with Gasteiger partial charge in [-0.15, -0.1) is 0 Å². The standard InChI is InChI=1S/C25H33N5O2/c1-2-32-22-8-6-19(7-9-22)24(31)29-12-10-20-18-26-25(27-23(20)11-13-29)30-16-14-28(15-17-30)21-4-3-5-21/h6-9,18,21H,2-5,10-17H2,1H3. The van der Waals surface area contributed by atoms with Gasteiger partial charge < -0.3 is 14.5 Å². The molecule has 32 heavy (non-hydrogen) atoms. The highest BCUT2D eigenvalue weighted by molar-refractivity contribution is 5.94. The summed E-state index contributed by atoms with van der Waals surface area (Å²) >= 11 is 0. The molecule has 1 saturated heterocycles. The molecule has 1 aliphatic carbocycles. The zero-order valence-electron chi connectivity index (χ0n) is 19.0. The molecule has 3 heterocycles. The Balaban J connectivity index is 1.21. The molecular formula is C25H33N5O2. The molecule has 1 amide bonds. The lowest BCUT2D eigenvalue weighted by atomic mass is 9.91. The van der Waals surface area contributed by atoms with Gasteiger partial charge in [0.25, 0.3) is 5.91 Å². The monoisotopic (exact) mass is 435 g/mol. The second kappa shape index (κ2) is 9.45. The molecule has 2 aromatic rings. The summed E-state index contributed by atoms with van der Waals surface area (Å²) in [5.74, 6) is 1.72. The second-order valence-electron chi connectivity index (χ2n) is 9.00. The number of piperazine rings is 1. The fraction of sp³-hybridized carbons (Fsp3) is 0.560. The number of nitrogens with zero attached hydrogens (tertiary/aromatic N) is 5. The van der Waals surface area contributed by atoms with Crippen LogP contribution in [-0.4, -0.2) is 77.6 Å². The maximum absolute atomic E-state index is 13.0. The number of carbonyl (C=O) groups excluding carboxylic acids is 1. The van der Waals surface area contributed by atoms with Crippen molar-refractivity contribution in [2.24, 2.45) is 0 Å². The van der Waals surface area contributed by atoms with E-state index in [9.17, 15) is 4.79 Å². The molecule has 170 valence electrons. The summed E-state index contributed by atoms with van der Waals surface area (Å²) in [6.45, 7) is 8.17. The summed E-state index contributed by atoms with van der Waals surface area (Å²) in [6, 6.07) is 8.25. The predicted octanol–water partition coefficient (Wildman–Crippen LogP) is 2.79. The van der Waals surface area contributed by atoms with Crippen LogP contribution in [-0.2, 0) is 12.8 Å². The molecule has 2 fully saturated rings. The first-order chi connectivity index (χ1) is 15.7. The predicted molar refractivity (Wildman–Crippen MR) is 124 cm³/mol. The van der Waals surface area contributed by atoms with E-state index in [1.165, 1.54) is 24.8 Å². The fourth-order valence-corrected chi connectivity index (χ4v) is 4.90. The van der Waals surface area contributed by atoms with Crippen molar-refractivity contribution < 1.29 is 9.53 Å². The molecule has 0 unspecified atom stereocenters. The maximum atomic E-state index is 13.0. The van der Waals surface area contributed by atoms with E-state index in [1.807, 2.05) is 42.3 Å². The zero-order chi connectivity index (χ0) is 21.9. The number of hydrogen-bond donors (Lipinski definition) is 0. The largest absolute Gasteiger partial charge is 0.494 e. The van der Waals surface area contributed by atoms with Crippen molar-refractivity contribution >= 4 is 11.9 Å². The Morgan fingerprint density at radius 1 is 1.03 bits per heavy atom. The Hall–Kier alpha value is -2.67. The lowest BCUT2D eigenvalue weighted by Crippen LogP contribution is -2.52. The van der Waals surface area contributed by atoms with Crippen LogP contribution in [0.5, 0.6) is 5.75 Å². The van der Waals surface area contributed by atoms with Crippen molar-refractivity contribution in [3.05, 3.63) is 47.3 Å². The Kier molecular flexibility index (Phi) is 6.26. The molecule has 3 aliphatic rings. The van der Waals surface area contributed by atoms with Gasteiger partial charge in [0.2, 0.25) is 5.95 Å². The lowest BCUT2D eigenvalue weighted by Gasteiger charge is -2.43. The van der Waals surface area contributed by atoms with E-state index < -0.39 is 0 Å². The minimum atomic E-state index is 0.0705. The summed E-state index contributed by atoms with van der Waals surface area (Å²) in [4.78, 5) is 29.6. The number of ether oxygens (including phenoxy) is 1. The van der Waals surface area contributed by atoms with Crippen LogP contribution in [0.4, 0.5) is 5.95 Å². The van der Waals surface area contributed by atoms with Gasteiger partial charge in [-0.3, -0.25) is 9.69 Å². The lowest BCUT2D eigenvalue weighted by molar-refractivity contribution is 0.0763. The summed E-state index contributed by atoms with van der Waals surface area (Å²) in [5, 5.41) is 0. The summed E-state index contributed by atoms with van der Waals surface area (Å²) < 4.78 is 5.49. The van der Waals surface area contributed by atoms with Crippen molar-refractivity contribution in [1.82, 2.24) is 19.8 Å². The van der Waals surface area contributed by atoms with Gasteiger partial charge in [-0.2, -0.15) is 0 Å². The first-order valence-electron chi connectivity index (χ1n) is 12.1. The normalized spacial score (nSPS) is 19.8. The Labute approximate surface area is 190 Å². The number of rotatable bonds is 5. The number of aromatic nitrogens is 2. The van der Waals surface area contributed by atoms with Crippen molar-refractivity contribution in [2.45, 2.75) is 45.1 Å². The van der Waals surface area contributed by atoms with Crippen LogP contribution >= 0.6 is 0 Å². The fourth-order valence-electron chi connectivity index (χ4n) is 4.90. The van der Waals surface area contributed by atoms with Crippen LogP contribution in [0.25, 0.3) is 0 Å². The van der Waals surface area contributed by atoms with E-state index >= 15 is 0 Å². The number of fused-ring (bicyclic) bond motifs is 1. The third-order valence-electron chi connectivity index (χ3n) is 7.10. The molecule has 1 aromatic carbocycles. The molecule has 0 atom stereocenters. The SMILES string of the molecule is CCOc1ccc(C(=O)N2CCc3cnc(N4CCN(C5CCC5)CC4)nc3CC2)cc1. The van der Waals surface area contributed by atoms with Gasteiger partial charge >= 0.3 is 0 Å². The molecule has 5 rings (SSSR count). The van der Waals surface area contributed by atoms with Crippen LogP contribution in [0.15, 0.2) is 30.5 Å². The molecule has 0 spiro atoms. The minimum Gasteiger partial charge on any atom is -0.494 e. The molecule has 7 heteroatoms. The third-order valence-corrected chi connectivity index (χ3v) is 7.10. The smallest absolute Gasteiger partial charge is 0.253 e. The van der Waals surface area contributed by atoms with Gasteiger partial charge in [0, 0.05) is 63.5 Å². The number of benzene rings is 1. The molecule has 0 radical (unpaired) electrons. The highest BCUT2D eigenvalue weighted by Gasteiger charge is 2.29. The van der Waals surface area contributed by atoms with Crippen molar-refractivity contribution in [1.29, 1.82) is 0 Å². The molecule has 0 N–H and O–H groups in total. The van der Waals surface area contributed by atoms with Crippen LogP contribution in [0.1, 0.15) is 47.8 Å². The first kappa shape index (κ1) is 21.2. The molecule has 1 saturated carbocycles. The Morgan fingerprint density at radius 3 is 2.47 bits per heavy atom. The number of amides is 1. The average Bonchev–Trinajstić information content (AvgIpc) is 3.01. The van der Waals surface area contributed by atoms with Gasteiger partial charge in [0.1, 0.15) is 5.75 Å². The van der Waals surface area contributed by atoms with E-state index in [1.54, 1.807) is 0 Å². The number of hydrogen-bond acceptors (Lipinski definition) is 6. The topological polar surface area (TPSA) is 61.8 Å². The third kappa shape index (κ3) is 4.44. The van der Waals surface area contributed by atoms with E-state index in [0.717, 1.165) is 62.5 Å². The number of carbonyl (C=O) groups is 1. The van der Waals surface area contributed by atoms with Crippen molar-refractivity contribution in [3.63, 3.8) is 0 Å². The highest BCUT2D eigenvalue weighted by atomic mass is 16.5. The summed E-state index contributed by atoms with van der Waals surface area (Å²) in [7, 11) is 0. The van der Waals surface area contributed by atoms with Gasteiger partial charge in [-0.1, -0.05) is 6.42 Å². The van der Waals surface area contributed by atoms with Crippen molar-refractivity contribution in [3.8, 4) is 5.75 Å². The second-order valence-corrected chi connectivity index (χ2v) is 9.00. The Bertz CT molecular complexity index is 936. The minimum absolute atomic E-state index is 0.0705. The highest BCUT2D eigenvalue weighted by Crippen LogP contribution is 2.26. The van der Waals surface area contributed by atoms with E-state index in [4.69, 9.17) is 14.7 Å². The van der Waals surface area contributed by atoms with E-state index in [0.29, 0.717) is 25.3 Å². The van der Waals surface area contributed by atoms with E-state index in [2.05, 4.69) is 9.80 Å². The van der Waals surface area contributed by atoms with Crippen LogP contribution in [0.3, 0.4) is 0 Å². The van der Waals surface area contributed by atoms with Crippen LogP contribution in [0.2, 0.25) is 0 Å². The van der Waals surface area contributed by atoms with Crippen LogP contribution in [0, 0.1) is 0 Å². The quantitative estimate of drug-likeness (QED) is 0.720. The Morgan fingerprint density at radius 2 is 1.78 bits per heavy atom. The van der Waals surface area contributed by atoms with Crippen LogP contribution < -0.4 is 9.64 Å². The molecule has 7 nitrogen and oxygen atoms in total. The molecule has 2 aliphatic heterocycles. The van der Waals surface area contributed by atoms with Gasteiger partial charge in [0.15, 0.2) is 0 Å². The summed E-state index contributed by atoms with van der Waals surface area (Å²) in [5.41, 5.74) is 2.97. The van der Waals surface area contributed by atoms with E-state index in [-0.39, 0.29) is 5.91 Å². The van der Waals surface area contributed by atoms with Crippen molar-refractivity contribution in [2.75, 3.05) is 50.8 Å². The molecule has 1 aromatic heterocycles.